The van der Waals surface area contributed by atoms with Gasteiger partial charge in [0.1, 0.15) is 12.1 Å². The van der Waals surface area contributed by atoms with Crippen molar-refractivity contribution in [1.29, 1.82) is 0 Å². The van der Waals surface area contributed by atoms with Crippen molar-refractivity contribution in [1.82, 2.24) is 24.3 Å². The van der Waals surface area contributed by atoms with E-state index in [0.717, 1.165) is 25.5 Å². The molecule has 0 saturated carbocycles. The average molecular weight is 311 g/mol. The Morgan fingerprint density at radius 1 is 1.17 bits per heavy atom. The maximum atomic E-state index is 12.7. The Morgan fingerprint density at radius 3 is 2.91 bits per heavy atom. The fraction of sp³-hybridized carbons (Fsp3) is 0.471. The number of aromatic nitrogens is 3. The molecular formula is C17H21N5O. The second-order valence-corrected chi connectivity index (χ2v) is 6.31. The highest BCUT2D eigenvalue weighted by Gasteiger charge is 2.31. The number of imidazole rings is 1. The first-order valence-electron chi connectivity index (χ1n) is 8.29. The minimum atomic E-state index is 0.0971. The van der Waals surface area contributed by atoms with Gasteiger partial charge in [0, 0.05) is 44.3 Å². The van der Waals surface area contributed by atoms with E-state index < -0.39 is 0 Å². The van der Waals surface area contributed by atoms with E-state index >= 15 is 0 Å². The number of carbonyl (C=O) groups excluding carboxylic acids is 1. The van der Waals surface area contributed by atoms with E-state index in [0.29, 0.717) is 11.6 Å². The van der Waals surface area contributed by atoms with Gasteiger partial charge in [0.05, 0.1) is 5.56 Å². The SMILES string of the molecule is O=C(c1ccc(-n2ccnc2)nc1)N1CCN2CCCC[C@H]2C1. The number of hydrogen-bond acceptors (Lipinski definition) is 4. The molecule has 0 aliphatic carbocycles. The van der Waals surface area contributed by atoms with E-state index in [1.54, 1.807) is 18.7 Å². The highest BCUT2D eigenvalue weighted by atomic mass is 16.2. The third kappa shape index (κ3) is 2.86. The van der Waals surface area contributed by atoms with Crippen molar-refractivity contribution in [3.63, 3.8) is 0 Å². The number of hydrogen-bond donors (Lipinski definition) is 0. The summed E-state index contributed by atoms with van der Waals surface area (Å²) in [6.07, 6.45) is 10.7. The van der Waals surface area contributed by atoms with Gasteiger partial charge in [0.2, 0.25) is 0 Å². The average Bonchev–Trinajstić information content (AvgIpc) is 3.15. The fourth-order valence-corrected chi connectivity index (χ4v) is 3.58. The molecule has 1 amide bonds. The molecule has 2 aliphatic rings. The Bertz CT molecular complexity index is 667. The number of piperidine rings is 1. The van der Waals surface area contributed by atoms with Crippen molar-refractivity contribution >= 4 is 5.91 Å². The molecule has 0 radical (unpaired) electrons. The molecule has 6 heteroatoms. The van der Waals surface area contributed by atoms with Crippen LogP contribution in [-0.2, 0) is 0 Å². The van der Waals surface area contributed by atoms with Gasteiger partial charge in [-0.05, 0) is 31.5 Å². The lowest BCUT2D eigenvalue weighted by Gasteiger charge is -2.44. The highest BCUT2D eigenvalue weighted by Crippen LogP contribution is 2.22. The Labute approximate surface area is 135 Å². The zero-order chi connectivity index (χ0) is 15.6. The summed E-state index contributed by atoms with van der Waals surface area (Å²) in [4.78, 5) is 25.6. The monoisotopic (exact) mass is 311 g/mol. The quantitative estimate of drug-likeness (QED) is 0.845. The molecule has 6 nitrogen and oxygen atoms in total. The first-order chi connectivity index (χ1) is 11.3. The molecule has 2 fully saturated rings. The number of rotatable bonds is 2. The van der Waals surface area contributed by atoms with Gasteiger partial charge in [-0.3, -0.25) is 14.3 Å². The number of piperazine rings is 1. The second kappa shape index (κ2) is 6.12. The van der Waals surface area contributed by atoms with Crippen molar-refractivity contribution in [3.05, 3.63) is 42.6 Å². The molecule has 0 aromatic carbocycles. The van der Waals surface area contributed by atoms with Gasteiger partial charge < -0.3 is 4.90 Å². The number of nitrogens with zero attached hydrogens (tertiary/aromatic N) is 5. The van der Waals surface area contributed by atoms with Crippen LogP contribution in [0.1, 0.15) is 29.6 Å². The van der Waals surface area contributed by atoms with Crippen LogP contribution >= 0.6 is 0 Å². The number of carbonyl (C=O) groups is 1. The summed E-state index contributed by atoms with van der Waals surface area (Å²) in [7, 11) is 0. The Hall–Kier alpha value is -2.21. The van der Waals surface area contributed by atoms with Crippen molar-refractivity contribution in [2.45, 2.75) is 25.3 Å². The Morgan fingerprint density at radius 2 is 2.13 bits per heavy atom. The molecule has 2 aromatic rings. The van der Waals surface area contributed by atoms with Gasteiger partial charge in [0.15, 0.2) is 0 Å². The van der Waals surface area contributed by atoms with Gasteiger partial charge in [-0.2, -0.15) is 0 Å². The van der Waals surface area contributed by atoms with Crippen LogP contribution in [0.4, 0.5) is 0 Å². The molecular weight excluding hydrogens is 290 g/mol. The molecule has 1 atom stereocenters. The summed E-state index contributed by atoms with van der Waals surface area (Å²) in [5.41, 5.74) is 0.665. The van der Waals surface area contributed by atoms with Crippen LogP contribution in [0, 0.1) is 0 Å². The maximum absolute atomic E-state index is 12.7. The molecule has 2 aromatic heterocycles. The summed E-state index contributed by atoms with van der Waals surface area (Å²) >= 11 is 0. The van der Waals surface area contributed by atoms with Crippen molar-refractivity contribution in [2.75, 3.05) is 26.2 Å². The molecule has 0 spiro atoms. The molecule has 4 rings (SSSR count). The van der Waals surface area contributed by atoms with Crippen LogP contribution < -0.4 is 0 Å². The Kier molecular flexibility index (Phi) is 3.83. The van der Waals surface area contributed by atoms with Gasteiger partial charge in [0.25, 0.3) is 5.91 Å². The van der Waals surface area contributed by atoms with Crippen molar-refractivity contribution in [3.8, 4) is 5.82 Å². The van der Waals surface area contributed by atoms with Crippen LogP contribution in [0.2, 0.25) is 0 Å². The normalized spacial score (nSPS) is 21.9. The molecule has 2 saturated heterocycles. The van der Waals surface area contributed by atoms with Crippen LogP contribution in [0.3, 0.4) is 0 Å². The predicted octanol–water partition coefficient (Wildman–Crippen LogP) is 1.58. The van der Waals surface area contributed by atoms with E-state index in [1.807, 2.05) is 27.8 Å². The van der Waals surface area contributed by atoms with E-state index in [1.165, 1.54) is 25.8 Å². The highest BCUT2D eigenvalue weighted by molar-refractivity contribution is 5.94. The van der Waals surface area contributed by atoms with Gasteiger partial charge >= 0.3 is 0 Å². The molecule has 0 N–H and O–H groups in total. The largest absolute Gasteiger partial charge is 0.336 e. The lowest BCUT2D eigenvalue weighted by molar-refractivity contribution is 0.0372. The lowest BCUT2D eigenvalue weighted by Crippen LogP contribution is -2.56. The van der Waals surface area contributed by atoms with E-state index in [-0.39, 0.29) is 5.91 Å². The summed E-state index contributed by atoms with van der Waals surface area (Å²) < 4.78 is 1.83. The number of amides is 1. The third-order valence-electron chi connectivity index (χ3n) is 4.89. The number of fused-ring (bicyclic) bond motifs is 1. The first-order valence-corrected chi connectivity index (χ1v) is 8.29. The van der Waals surface area contributed by atoms with Gasteiger partial charge in [-0.25, -0.2) is 9.97 Å². The van der Waals surface area contributed by atoms with Crippen LogP contribution in [0.5, 0.6) is 0 Å². The van der Waals surface area contributed by atoms with Gasteiger partial charge in [-0.15, -0.1) is 0 Å². The van der Waals surface area contributed by atoms with Gasteiger partial charge in [-0.1, -0.05) is 6.42 Å². The smallest absolute Gasteiger partial charge is 0.255 e. The fourth-order valence-electron chi connectivity index (χ4n) is 3.58. The number of pyridine rings is 1. The summed E-state index contributed by atoms with van der Waals surface area (Å²) in [5, 5.41) is 0. The van der Waals surface area contributed by atoms with Crippen LogP contribution in [-0.4, -0.2) is 62.5 Å². The van der Waals surface area contributed by atoms with E-state index in [4.69, 9.17) is 0 Å². The minimum absolute atomic E-state index is 0.0971. The predicted molar refractivity (Wildman–Crippen MR) is 86.5 cm³/mol. The second-order valence-electron chi connectivity index (χ2n) is 6.31. The van der Waals surface area contributed by atoms with E-state index in [9.17, 15) is 4.79 Å². The third-order valence-corrected chi connectivity index (χ3v) is 4.89. The topological polar surface area (TPSA) is 54.3 Å². The maximum Gasteiger partial charge on any atom is 0.255 e. The summed E-state index contributed by atoms with van der Waals surface area (Å²) in [5.74, 6) is 0.871. The molecule has 120 valence electrons. The van der Waals surface area contributed by atoms with Crippen LogP contribution in [0.15, 0.2) is 37.1 Å². The minimum Gasteiger partial charge on any atom is -0.336 e. The Balaban J connectivity index is 1.46. The summed E-state index contributed by atoms with van der Waals surface area (Å²) in [6.45, 7) is 3.85. The van der Waals surface area contributed by atoms with Crippen molar-refractivity contribution < 1.29 is 4.79 Å². The zero-order valence-corrected chi connectivity index (χ0v) is 13.1. The molecule has 0 bridgehead atoms. The van der Waals surface area contributed by atoms with Crippen molar-refractivity contribution in [2.24, 2.45) is 0 Å². The molecule has 23 heavy (non-hydrogen) atoms. The molecule has 0 unspecified atom stereocenters. The molecule has 4 heterocycles. The first kappa shape index (κ1) is 14.4. The summed E-state index contributed by atoms with van der Waals surface area (Å²) in [6, 6.07) is 4.27. The zero-order valence-electron chi connectivity index (χ0n) is 13.1. The lowest BCUT2D eigenvalue weighted by atomic mass is 9.99. The van der Waals surface area contributed by atoms with E-state index in [2.05, 4.69) is 14.9 Å². The standard InChI is InChI=1S/C17H21N5O/c23-17(21-10-9-20-7-2-1-3-15(20)12-21)14-4-5-16(19-11-14)22-8-6-18-13-22/h4-6,8,11,13,15H,1-3,7,9-10,12H2/t15-/m0/s1. The van der Waals surface area contributed by atoms with Crippen LogP contribution in [0.25, 0.3) is 5.82 Å². The molecule has 2 aliphatic heterocycles.